The molecule has 1 N–H and O–H groups in total. The fourth-order valence-corrected chi connectivity index (χ4v) is 2.81. The zero-order chi connectivity index (χ0) is 17.0. The van der Waals surface area contributed by atoms with Gasteiger partial charge in [-0.2, -0.15) is 4.98 Å². The summed E-state index contributed by atoms with van der Waals surface area (Å²) in [6.07, 6.45) is 2.76. The molecule has 6 heteroatoms. The van der Waals surface area contributed by atoms with Gasteiger partial charge >= 0.3 is 0 Å². The summed E-state index contributed by atoms with van der Waals surface area (Å²) in [5.74, 6) is 1.75. The van der Waals surface area contributed by atoms with E-state index in [9.17, 15) is 4.79 Å². The van der Waals surface area contributed by atoms with E-state index < -0.39 is 0 Å². The molecule has 0 spiro atoms. The lowest BCUT2D eigenvalue weighted by Gasteiger charge is -2.33. The standard InChI is InChI=1S/C17H30N4O2/c1-6-9-18-14(22)13-7-10-21(11-8-13)12(2)15-19-16(20-23-15)17(3,4)5/h12-13H,6-11H2,1-5H3,(H,18,22). The third kappa shape index (κ3) is 4.53. The molecule has 2 heterocycles. The van der Waals surface area contributed by atoms with E-state index in [-0.39, 0.29) is 23.3 Å². The van der Waals surface area contributed by atoms with Crippen molar-refractivity contribution in [3.63, 3.8) is 0 Å². The number of carbonyl (C=O) groups excluding carboxylic acids is 1. The third-order valence-electron chi connectivity index (χ3n) is 4.47. The van der Waals surface area contributed by atoms with E-state index in [1.54, 1.807) is 0 Å². The number of hydrogen-bond donors (Lipinski definition) is 1. The van der Waals surface area contributed by atoms with Crippen molar-refractivity contribution >= 4 is 5.91 Å². The highest BCUT2D eigenvalue weighted by molar-refractivity contribution is 5.78. The van der Waals surface area contributed by atoms with Crippen molar-refractivity contribution in [2.45, 2.75) is 65.3 Å². The molecule has 0 aliphatic carbocycles. The summed E-state index contributed by atoms with van der Waals surface area (Å²) in [7, 11) is 0. The van der Waals surface area contributed by atoms with Crippen molar-refractivity contribution < 1.29 is 9.32 Å². The lowest BCUT2D eigenvalue weighted by Crippen LogP contribution is -2.41. The van der Waals surface area contributed by atoms with Crippen LogP contribution in [-0.2, 0) is 10.2 Å². The second-order valence-electron chi connectivity index (χ2n) is 7.48. The molecule has 0 bridgehead atoms. The summed E-state index contributed by atoms with van der Waals surface area (Å²) in [6.45, 7) is 12.9. The summed E-state index contributed by atoms with van der Waals surface area (Å²) < 4.78 is 5.45. The first-order chi connectivity index (χ1) is 10.8. The lowest BCUT2D eigenvalue weighted by atomic mass is 9.94. The van der Waals surface area contributed by atoms with Crippen molar-refractivity contribution in [3.05, 3.63) is 11.7 Å². The van der Waals surface area contributed by atoms with Crippen LogP contribution in [0, 0.1) is 5.92 Å². The van der Waals surface area contributed by atoms with Gasteiger partial charge in [-0.05, 0) is 39.3 Å². The van der Waals surface area contributed by atoms with Gasteiger partial charge in [-0.3, -0.25) is 9.69 Å². The van der Waals surface area contributed by atoms with Gasteiger partial charge in [-0.25, -0.2) is 0 Å². The Bertz CT molecular complexity index is 513. The molecule has 1 aliphatic rings. The quantitative estimate of drug-likeness (QED) is 0.902. The van der Waals surface area contributed by atoms with Crippen LogP contribution >= 0.6 is 0 Å². The van der Waals surface area contributed by atoms with Gasteiger partial charge < -0.3 is 9.84 Å². The number of aromatic nitrogens is 2. The number of amides is 1. The maximum atomic E-state index is 12.0. The van der Waals surface area contributed by atoms with Crippen molar-refractivity contribution in [2.24, 2.45) is 5.92 Å². The molecule has 0 radical (unpaired) electrons. The first-order valence-electron chi connectivity index (χ1n) is 8.68. The number of carbonyl (C=O) groups is 1. The van der Waals surface area contributed by atoms with Gasteiger partial charge in [0.15, 0.2) is 5.82 Å². The van der Waals surface area contributed by atoms with E-state index in [0.717, 1.165) is 44.7 Å². The smallest absolute Gasteiger partial charge is 0.243 e. The highest BCUT2D eigenvalue weighted by atomic mass is 16.5. The van der Waals surface area contributed by atoms with Gasteiger partial charge in [0.1, 0.15) is 0 Å². The van der Waals surface area contributed by atoms with Crippen LogP contribution in [0.3, 0.4) is 0 Å². The summed E-state index contributed by atoms with van der Waals surface area (Å²) in [4.78, 5) is 18.9. The van der Waals surface area contributed by atoms with Gasteiger partial charge in [0.25, 0.3) is 0 Å². The van der Waals surface area contributed by atoms with E-state index in [4.69, 9.17) is 4.52 Å². The van der Waals surface area contributed by atoms with Crippen LogP contribution < -0.4 is 5.32 Å². The van der Waals surface area contributed by atoms with Gasteiger partial charge in [0.05, 0.1) is 6.04 Å². The Morgan fingerprint density at radius 3 is 2.57 bits per heavy atom. The molecule has 0 saturated carbocycles. The van der Waals surface area contributed by atoms with Gasteiger partial charge in [-0.1, -0.05) is 32.9 Å². The Morgan fingerprint density at radius 2 is 2.04 bits per heavy atom. The summed E-state index contributed by atoms with van der Waals surface area (Å²) in [5.41, 5.74) is -0.105. The molecule has 23 heavy (non-hydrogen) atoms. The fraction of sp³-hybridized carbons (Fsp3) is 0.824. The topological polar surface area (TPSA) is 71.3 Å². The molecule has 1 unspecified atom stereocenters. The second-order valence-corrected chi connectivity index (χ2v) is 7.48. The van der Waals surface area contributed by atoms with Crippen LogP contribution in [0.25, 0.3) is 0 Å². The van der Waals surface area contributed by atoms with Crippen LogP contribution in [-0.4, -0.2) is 40.6 Å². The number of rotatable bonds is 5. The summed E-state index contributed by atoms with van der Waals surface area (Å²) in [6, 6.07) is 0.0956. The number of nitrogens with zero attached hydrogens (tertiary/aromatic N) is 3. The van der Waals surface area contributed by atoms with E-state index >= 15 is 0 Å². The molecule has 1 atom stereocenters. The summed E-state index contributed by atoms with van der Waals surface area (Å²) in [5, 5.41) is 7.10. The molecular formula is C17H30N4O2. The Morgan fingerprint density at radius 1 is 1.39 bits per heavy atom. The van der Waals surface area contributed by atoms with Crippen molar-refractivity contribution in [2.75, 3.05) is 19.6 Å². The first-order valence-corrected chi connectivity index (χ1v) is 8.68. The number of piperidine rings is 1. The minimum Gasteiger partial charge on any atom is -0.356 e. The van der Waals surface area contributed by atoms with Gasteiger partial charge in [0.2, 0.25) is 11.8 Å². The molecule has 6 nitrogen and oxygen atoms in total. The van der Waals surface area contributed by atoms with Gasteiger partial charge in [0, 0.05) is 17.9 Å². The molecule has 2 rings (SSSR count). The number of nitrogens with one attached hydrogen (secondary N) is 1. The zero-order valence-electron chi connectivity index (χ0n) is 15.1. The monoisotopic (exact) mass is 322 g/mol. The molecule has 1 fully saturated rings. The minimum absolute atomic E-state index is 0.0956. The molecule has 1 saturated heterocycles. The highest BCUT2D eigenvalue weighted by Gasteiger charge is 2.30. The molecule has 1 aromatic rings. The van der Waals surface area contributed by atoms with Crippen molar-refractivity contribution in [1.82, 2.24) is 20.4 Å². The third-order valence-corrected chi connectivity index (χ3v) is 4.47. The van der Waals surface area contributed by atoms with E-state index in [0.29, 0.717) is 5.89 Å². The Labute approximate surface area is 139 Å². The Hall–Kier alpha value is -1.43. The fourth-order valence-electron chi connectivity index (χ4n) is 2.81. The number of hydrogen-bond acceptors (Lipinski definition) is 5. The molecule has 130 valence electrons. The van der Waals surface area contributed by atoms with Crippen LogP contribution in [0.4, 0.5) is 0 Å². The van der Waals surface area contributed by atoms with E-state index in [2.05, 4.69) is 55.0 Å². The second kappa shape index (κ2) is 7.43. The molecule has 0 aromatic carbocycles. The normalized spacial score (nSPS) is 18.8. The average Bonchev–Trinajstić information content (AvgIpc) is 3.02. The summed E-state index contributed by atoms with van der Waals surface area (Å²) >= 11 is 0. The van der Waals surface area contributed by atoms with Crippen LogP contribution in [0.1, 0.15) is 71.6 Å². The Balaban J connectivity index is 1.89. The largest absolute Gasteiger partial charge is 0.356 e. The highest BCUT2D eigenvalue weighted by Crippen LogP contribution is 2.27. The van der Waals surface area contributed by atoms with Crippen LogP contribution in [0.15, 0.2) is 4.52 Å². The van der Waals surface area contributed by atoms with E-state index in [1.807, 2.05) is 0 Å². The van der Waals surface area contributed by atoms with Gasteiger partial charge in [-0.15, -0.1) is 0 Å². The van der Waals surface area contributed by atoms with Crippen LogP contribution in [0.2, 0.25) is 0 Å². The van der Waals surface area contributed by atoms with E-state index in [1.165, 1.54) is 0 Å². The molecule has 1 aromatic heterocycles. The maximum absolute atomic E-state index is 12.0. The Kier molecular flexibility index (Phi) is 5.79. The van der Waals surface area contributed by atoms with Crippen molar-refractivity contribution in [3.8, 4) is 0 Å². The maximum Gasteiger partial charge on any atom is 0.243 e. The predicted octanol–water partition coefficient (Wildman–Crippen LogP) is 2.67. The van der Waals surface area contributed by atoms with Crippen LogP contribution in [0.5, 0.6) is 0 Å². The molecule has 1 amide bonds. The SMILES string of the molecule is CCCNC(=O)C1CCN(C(C)c2nc(C(C)(C)C)no2)CC1. The number of likely N-dealkylation sites (tertiary alicyclic amines) is 1. The lowest BCUT2D eigenvalue weighted by molar-refractivity contribution is -0.126. The minimum atomic E-state index is -0.105. The molecule has 1 aliphatic heterocycles. The first kappa shape index (κ1) is 17.9. The predicted molar refractivity (Wildman–Crippen MR) is 89.0 cm³/mol. The van der Waals surface area contributed by atoms with Crippen molar-refractivity contribution in [1.29, 1.82) is 0 Å². The average molecular weight is 322 g/mol. The zero-order valence-corrected chi connectivity index (χ0v) is 15.1. The molecular weight excluding hydrogens is 292 g/mol.